The standard InChI is InChI=1S/C16H17NS/c1-17-14-3-4-15(17)10-13(9-14)11-2-5-16-12(8-11)6-7-18-16/h2,5-9,14-15H,3-4,10H2,1H3. The van der Waals surface area contributed by atoms with Crippen molar-refractivity contribution in [2.75, 3.05) is 7.05 Å². The van der Waals surface area contributed by atoms with Crippen LogP contribution >= 0.6 is 11.3 Å². The molecule has 1 nitrogen and oxygen atoms in total. The predicted molar refractivity (Wildman–Crippen MR) is 79.0 cm³/mol. The molecule has 2 aliphatic heterocycles. The van der Waals surface area contributed by atoms with E-state index < -0.39 is 0 Å². The van der Waals surface area contributed by atoms with Gasteiger partial charge >= 0.3 is 0 Å². The van der Waals surface area contributed by atoms with E-state index in [2.05, 4.69) is 47.7 Å². The van der Waals surface area contributed by atoms with Gasteiger partial charge in [0.1, 0.15) is 0 Å². The second-order valence-corrected chi connectivity index (χ2v) is 6.48. The molecule has 2 unspecified atom stereocenters. The Balaban J connectivity index is 1.76. The number of benzene rings is 1. The molecular formula is C16H17NS. The first-order chi connectivity index (χ1) is 8.81. The molecule has 2 aromatic rings. The topological polar surface area (TPSA) is 3.24 Å². The Morgan fingerprint density at radius 2 is 2.17 bits per heavy atom. The van der Waals surface area contributed by atoms with Crippen LogP contribution in [0.15, 0.2) is 35.7 Å². The number of nitrogens with zero attached hydrogens (tertiary/aromatic N) is 1. The van der Waals surface area contributed by atoms with Gasteiger partial charge in [0.25, 0.3) is 0 Å². The van der Waals surface area contributed by atoms with Crippen molar-refractivity contribution in [3.63, 3.8) is 0 Å². The van der Waals surface area contributed by atoms with Crippen molar-refractivity contribution in [1.29, 1.82) is 0 Å². The maximum atomic E-state index is 2.55. The maximum absolute atomic E-state index is 2.55. The molecule has 0 spiro atoms. The van der Waals surface area contributed by atoms with Crippen molar-refractivity contribution in [1.82, 2.24) is 4.90 Å². The Morgan fingerprint density at radius 1 is 1.22 bits per heavy atom. The van der Waals surface area contributed by atoms with E-state index in [1.165, 1.54) is 34.9 Å². The first-order valence-corrected chi connectivity index (χ1v) is 7.59. The molecule has 0 saturated carbocycles. The molecule has 2 atom stereocenters. The summed E-state index contributed by atoms with van der Waals surface area (Å²) in [5.41, 5.74) is 3.00. The Bertz CT molecular complexity index is 625. The number of hydrogen-bond donors (Lipinski definition) is 0. The van der Waals surface area contributed by atoms with Crippen molar-refractivity contribution in [3.05, 3.63) is 41.3 Å². The fraction of sp³-hybridized carbons (Fsp3) is 0.375. The van der Waals surface area contributed by atoms with Crippen LogP contribution in [0.2, 0.25) is 0 Å². The number of fused-ring (bicyclic) bond motifs is 3. The van der Waals surface area contributed by atoms with Gasteiger partial charge < -0.3 is 0 Å². The molecule has 3 heterocycles. The fourth-order valence-electron chi connectivity index (χ4n) is 3.42. The molecule has 2 bridgehead atoms. The first kappa shape index (κ1) is 10.8. The van der Waals surface area contributed by atoms with Gasteiger partial charge in [0.15, 0.2) is 0 Å². The monoisotopic (exact) mass is 255 g/mol. The first-order valence-electron chi connectivity index (χ1n) is 6.71. The smallest absolute Gasteiger partial charge is 0.0343 e. The molecule has 0 N–H and O–H groups in total. The average molecular weight is 255 g/mol. The summed E-state index contributed by atoms with van der Waals surface area (Å²) in [6.45, 7) is 0. The highest BCUT2D eigenvalue weighted by Gasteiger charge is 2.33. The lowest BCUT2D eigenvalue weighted by Gasteiger charge is -2.30. The largest absolute Gasteiger partial charge is 0.297 e. The molecule has 2 aliphatic rings. The van der Waals surface area contributed by atoms with E-state index in [0.717, 1.165) is 6.04 Å². The van der Waals surface area contributed by atoms with E-state index in [9.17, 15) is 0 Å². The third kappa shape index (κ3) is 1.56. The lowest BCUT2D eigenvalue weighted by molar-refractivity contribution is 0.264. The summed E-state index contributed by atoms with van der Waals surface area (Å²) >= 11 is 1.83. The van der Waals surface area contributed by atoms with Gasteiger partial charge in [0.2, 0.25) is 0 Å². The molecule has 4 rings (SSSR count). The Hall–Kier alpha value is -1.12. The van der Waals surface area contributed by atoms with Crippen LogP contribution in [0.25, 0.3) is 15.7 Å². The van der Waals surface area contributed by atoms with Crippen LogP contribution in [0.4, 0.5) is 0 Å². The van der Waals surface area contributed by atoms with Gasteiger partial charge in [0, 0.05) is 16.8 Å². The molecule has 18 heavy (non-hydrogen) atoms. The molecule has 0 aliphatic carbocycles. The molecule has 1 fully saturated rings. The van der Waals surface area contributed by atoms with Crippen LogP contribution < -0.4 is 0 Å². The lowest BCUT2D eigenvalue weighted by Crippen LogP contribution is -2.34. The minimum absolute atomic E-state index is 0.678. The van der Waals surface area contributed by atoms with Gasteiger partial charge in [-0.15, -0.1) is 11.3 Å². The molecule has 1 aromatic heterocycles. The van der Waals surface area contributed by atoms with Crippen LogP contribution in [-0.4, -0.2) is 24.0 Å². The second kappa shape index (κ2) is 3.94. The van der Waals surface area contributed by atoms with Gasteiger partial charge in [-0.05, 0) is 66.4 Å². The predicted octanol–water partition coefficient (Wildman–Crippen LogP) is 4.15. The van der Waals surface area contributed by atoms with E-state index in [-0.39, 0.29) is 0 Å². The van der Waals surface area contributed by atoms with Crippen molar-refractivity contribution in [2.45, 2.75) is 31.3 Å². The number of rotatable bonds is 1. The quantitative estimate of drug-likeness (QED) is 0.740. The van der Waals surface area contributed by atoms with Crippen molar-refractivity contribution in [3.8, 4) is 0 Å². The lowest BCUT2D eigenvalue weighted by atomic mass is 9.94. The van der Waals surface area contributed by atoms with E-state index in [0.29, 0.717) is 6.04 Å². The summed E-state index contributed by atoms with van der Waals surface area (Å²) in [6, 6.07) is 10.6. The molecule has 2 heteroatoms. The van der Waals surface area contributed by atoms with Crippen molar-refractivity contribution in [2.24, 2.45) is 0 Å². The number of thiophene rings is 1. The second-order valence-electron chi connectivity index (χ2n) is 5.53. The third-order valence-electron chi connectivity index (χ3n) is 4.57. The van der Waals surface area contributed by atoms with Crippen molar-refractivity contribution >= 4 is 27.0 Å². The van der Waals surface area contributed by atoms with E-state index in [4.69, 9.17) is 0 Å². The average Bonchev–Trinajstić information content (AvgIpc) is 2.90. The van der Waals surface area contributed by atoms with Crippen LogP contribution in [0, 0.1) is 0 Å². The summed E-state index contributed by atoms with van der Waals surface area (Å²) in [7, 11) is 2.28. The molecule has 0 amide bonds. The summed E-state index contributed by atoms with van der Waals surface area (Å²) in [4.78, 5) is 2.55. The van der Waals surface area contributed by atoms with Crippen LogP contribution in [0.3, 0.4) is 0 Å². The summed E-state index contributed by atoms with van der Waals surface area (Å²) < 4.78 is 1.40. The SMILES string of the molecule is CN1C2C=C(c3ccc4sccc4c3)CC1CC2. The zero-order chi connectivity index (χ0) is 12.1. The van der Waals surface area contributed by atoms with Crippen LogP contribution in [-0.2, 0) is 0 Å². The highest BCUT2D eigenvalue weighted by atomic mass is 32.1. The van der Waals surface area contributed by atoms with Gasteiger partial charge in [0.05, 0.1) is 0 Å². The minimum Gasteiger partial charge on any atom is -0.297 e. The Morgan fingerprint density at radius 3 is 3.06 bits per heavy atom. The molecule has 0 radical (unpaired) electrons. The van der Waals surface area contributed by atoms with Crippen molar-refractivity contribution < 1.29 is 0 Å². The van der Waals surface area contributed by atoms with Crippen LogP contribution in [0.5, 0.6) is 0 Å². The molecular weight excluding hydrogens is 238 g/mol. The molecule has 1 aromatic carbocycles. The molecule has 92 valence electrons. The van der Waals surface area contributed by atoms with Gasteiger partial charge in [-0.3, -0.25) is 4.90 Å². The minimum atomic E-state index is 0.678. The van der Waals surface area contributed by atoms with Gasteiger partial charge in [-0.25, -0.2) is 0 Å². The number of hydrogen-bond acceptors (Lipinski definition) is 2. The highest BCUT2D eigenvalue weighted by molar-refractivity contribution is 7.17. The Kier molecular flexibility index (Phi) is 2.36. The van der Waals surface area contributed by atoms with E-state index in [1.54, 1.807) is 5.57 Å². The zero-order valence-electron chi connectivity index (χ0n) is 10.6. The summed E-state index contributed by atoms with van der Waals surface area (Å²) in [5, 5.41) is 3.57. The number of likely N-dealkylation sites (N-methyl/N-ethyl adjacent to an activating group) is 1. The zero-order valence-corrected chi connectivity index (χ0v) is 11.4. The highest BCUT2D eigenvalue weighted by Crippen LogP contribution is 2.38. The summed E-state index contributed by atoms with van der Waals surface area (Å²) in [6.07, 6.45) is 6.42. The van der Waals surface area contributed by atoms with E-state index >= 15 is 0 Å². The normalized spacial score (nSPS) is 27.7. The third-order valence-corrected chi connectivity index (χ3v) is 5.46. The molecule has 1 saturated heterocycles. The van der Waals surface area contributed by atoms with Gasteiger partial charge in [-0.1, -0.05) is 12.1 Å². The van der Waals surface area contributed by atoms with Gasteiger partial charge in [-0.2, -0.15) is 0 Å². The summed E-state index contributed by atoms with van der Waals surface area (Å²) in [5.74, 6) is 0. The van der Waals surface area contributed by atoms with Crippen LogP contribution in [0.1, 0.15) is 24.8 Å². The fourth-order valence-corrected chi connectivity index (χ4v) is 4.19. The van der Waals surface area contributed by atoms with E-state index in [1.807, 2.05) is 11.3 Å². The maximum Gasteiger partial charge on any atom is 0.0343 e. The Labute approximate surface area is 112 Å².